The molecule has 1 aliphatic heterocycles. The summed E-state index contributed by atoms with van der Waals surface area (Å²) in [5.74, 6) is -0.307. The fourth-order valence-corrected chi connectivity index (χ4v) is 2.27. The molecule has 110 valence electrons. The van der Waals surface area contributed by atoms with E-state index in [0.29, 0.717) is 25.9 Å². The molecule has 2 N–H and O–H groups in total. The number of aliphatic hydroxyl groups excluding tert-OH is 1. The van der Waals surface area contributed by atoms with Gasteiger partial charge >= 0.3 is 0 Å². The van der Waals surface area contributed by atoms with Crippen LogP contribution in [0.4, 0.5) is 4.39 Å². The molecule has 0 bridgehead atoms. The van der Waals surface area contributed by atoms with Crippen LogP contribution in [-0.2, 0) is 16.0 Å². The molecule has 1 amide bonds. The van der Waals surface area contributed by atoms with Crippen molar-refractivity contribution in [2.75, 3.05) is 13.2 Å². The summed E-state index contributed by atoms with van der Waals surface area (Å²) < 4.78 is 17.8. The third kappa shape index (κ3) is 4.58. The van der Waals surface area contributed by atoms with E-state index in [1.807, 2.05) is 0 Å². The van der Waals surface area contributed by atoms with Crippen molar-refractivity contribution in [3.05, 3.63) is 35.6 Å². The topological polar surface area (TPSA) is 58.6 Å². The molecule has 0 radical (unpaired) electrons. The van der Waals surface area contributed by atoms with Crippen LogP contribution in [-0.4, -0.2) is 36.4 Å². The van der Waals surface area contributed by atoms with E-state index in [4.69, 9.17) is 4.74 Å². The Labute approximate surface area is 117 Å². The minimum absolute atomic E-state index is 0.0574. The molecule has 1 aromatic rings. The SMILES string of the molecule is O=C(CCCc1ccc(F)cc1)N[C@@H]1CCOC[C@H]1O. The molecule has 1 aromatic carbocycles. The van der Waals surface area contributed by atoms with Crippen molar-refractivity contribution >= 4 is 5.91 Å². The highest BCUT2D eigenvalue weighted by Crippen LogP contribution is 2.09. The molecule has 2 rings (SSSR count). The van der Waals surface area contributed by atoms with E-state index in [1.165, 1.54) is 12.1 Å². The summed E-state index contributed by atoms with van der Waals surface area (Å²) in [6, 6.07) is 6.11. The molecular weight excluding hydrogens is 261 g/mol. The molecule has 0 aliphatic carbocycles. The van der Waals surface area contributed by atoms with Gasteiger partial charge in [0.25, 0.3) is 0 Å². The lowest BCUT2D eigenvalue weighted by molar-refractivity contribution is -0.124. The van der Waals surface area contributed by atoms with Gasteiger partial charge in [0.2, 0.25) is 5.91 Å². The number of aryl methyl sites for hydroxylation is 1. The van der Waals surface area contributed by atoms with E-state index in [2.05, 4.69) is 5.32 Å². The molecule has 0 aromatic heterocycles. The van der Waals surface area contributed by atoms with Crippen molar-refractivity contribution in [3.8, 4) is 0 Å². The summed E-state index contributed by atoms with van der Waals surface area (Å²) in [5, 5.41) is 12.5. The number of carbonyl (C=O) groups is 1. The molecular formula is C15H20FNO3. The highest BCUT2D eigenvalue weighted by Gasteiger charge is 2.24. The van der Waals surface area contributed by atoms with Gasteiger partial charge < -0.3 is 15.2 Å². The van der Waals surface area contributed by atoms with Crippen molar-refractivity contribution < 1.29 is 19.0 Å². The average Bonchev–Trinajstić information content (AvgIpc) is 2.44. The predicted molar refractivity (Wildman–Crippen MR) is 72.7 cm³/mol. The Morgan fingerprint density at radius 1 is 1.40 bits per heavy atom. The zero-order valence-electron chi connectivity index (χ0n) is 11.3. The Kier molecular flexibility index (Phi) is 5.49. The van der Waals surface area contributed by atoms with Crippen LogP contribution >= 0.6 is 0 Å². The van der Waals surface area contributed by atoms with Crippen molar-refractivity contribution in [1.82, 2.24) is 5.32 Å². The van der Waals surface area contributed by atoms with E-state index in [0.717, 1.165) is 12.0 Å². The molecule has 20 heavy (non-hydrogen) atoms. The summed E-state index contributed by atoms with van der Waals surface area (Å²) in [6.07, 6.45) is 1.87. The van der Waals surface area contributed by atoms with Crippen LogP contribution in [0.3, 0.4) is 0 Å². The van der Waals surface area contributed by atoms with Crippen molar-refractivity contribution in [1.29, 1.82) is 0 Å². The lowest BCUT2D eigenvalue weighted by Gasteiger charge is -2.28. The molecule has 2 atom stereocenters. The van der Waals surface area contributed by atoms with Gasteiger partial charge in [0.15, 0.2) is 0 Å². The van der Waals surface area contributed by atoms with Crippen molar-refractivity contribution in [2.45, 2.75) is 37.8 Å². The Morgan fingerprint density at radius 3 is 2.85 bits per heavy atom. The fraction of sp³-hybridized carbons (Fsp3) is 0.533. The summed E-state index contributed by atoms with van der Waals surface area (Å²) >= 11 is 0. The first-order valence-corrected chi connectivity index (χ1v) is 6.95. The molecule has 0 spiro atoms. The third-order valence-corrected chi connectivity index (χ3v) is 3.46. The van der Waals surface area contributed by atoms with E-state index in [1.54, 1.807) is 12.1 Å². The van der Waals surface area contributed by atoms with Crippen LogP contribution in [0, 0.1) is 5.82 Å². The summed E-state index contributed by atoms with van der Waals surface area (Å²) in [5.41, 5.74) is 1.02. The normalized spacial score (nSPS) is 22.5. The van der Waals surface area contributed by atoms with E-state index in [9.17, 15) is 14.3 Å². The van der Waals surface area contributed by atoms with Crippen LogP contribution in [0.15, 0.2) is 24.3 Å². The van der Waals surface area contributed by atoms with Crippen LogP contribution in [0.25, 0.3) is 0 Å². The first-order chi connectivity index (χ1) is 9.65. The van der Waals surface area contributed by atoms with E-state index in [-0.39, 0.29) is 24.4 Å². The van der Waals surface area contributed by atoms with E-state index >= 15 is 0 Å². The molecule has 1 saturated heterocycles. The maximum atomic E-state index is 12.7. The Balaban J connectivity index is 1.68. The summed E-state index contributed by atoms with van der Waals surface area (Å²) in [7, 11) is 0. The number of ether oxygens (including phenoxy) is 1. The highest BCUT2D eigenvalue weighted by atomic mass is 19.1. The van der Waals surface area contributed by atoms with Gasteiger partial charge in [-0.1, -0.05) is 12.1 Å². The lowest BCUT2D eigenvalue weighted by atomic mass is 10.0. The molecule has 5 heteroatoms. The van der Waals surface area contributed by atoms with Gasteiger partial charge in [-0.3, -0.25) is 4.79 Å². The highest BCUT2D eigenvalue weighted by molar-refractivity contribution is 5.76. The maximum absolute atomic E-state index is 12.7. The standard InChI is InChI=1S/C15H20FNO3/c16-12-6-4-11(5-7-12)2-1-3-15(19)17-13-8-9-20-10-14(13)18/h4-7,13-14,18H,1-3,8-10H2,(H,17,19)/t13-,14-/m1/s1. The predicted octanol–water partition coefficient (Wildman–Crippen LogP) is 1.41. The smallest absolute Gasteiger partial charge is 0.220 e. The number of halogens is 1. The Bertz CT molecular complexity index is 435. The number of aliphatic hydroxyl groups is 1. The van der Waals surface area contributed by atoms with Gasteiger partial charge in [0.05, 0.1) is 18.8 Å². The first-order valence-electron chi connectivity index (χ1n) is 6.95. The van der Waals surface area contributed by atoms with Gasteiger partial charge in [0, 0.05) is 13.0 Å². The van der Waals surface area contributed by atoms with Gasteiger partial charge in [-0.25, -0.2) is 4.39 Å². The average molecular weight is 281 g/mol. The summed E-state index contributed by atoms with van der Waals surface area (Å²) in [4.78, 5) is 11.8. The minimum Gasteiger partial charge on any atom is -0.389 e. The minimum atomic E-state index is -0.621. The quantitative estimate of drug-likeness (QED) is 0.858. The monoisotopic (exact) mass is 281 g/mol. The number of hydrogen-bond donors (Lipinski definition) is 2. The molecule has 1 aliphatic rings. The number of benzene rings is 1. The number of carbonyl (C=O) groups excluding carboxylic acids is 1. The van der Waals surface area contributed by atoms with E-state index < -0.39 is 6.10 Å². The molecule has 4 nitrogen and oxygen atoms in total. The number of amides is 1. The third-order valence-electron chi connectivity index (χ3n) is 3.46. The molecule has 1 heterocycles. The van der Waals surface area contributed by atoms with Crippen LogP contribution in [0.1, 0.15) is 24.8 Å². The van der Waals surface area contributed by atoms with Crippen LogP contribution in [0.5, 0.6) is 0 Å². The molecule has 1 fully saturated rings. The maximum Gasteiger partial charge on any atom is 0.220 e. The second-order valence-corrected chi connectivity index (χ2v) is 5.08. The van der Waals surface area contributed by atoms with Gasteiger partial charge in [-0.15, -0.1) is 0 Å². The zero-order chi connectivity index (χ0) is 14.4. The first kappa shape index (κ1) is 14.9. The fourth-order valence-electron chi connectivity index (χ4n) is 2.27. The number of nitrogens with one attached hydrogen (secondary N) is 1. The molecule has 0 unspecified atom stereocenters. The van der Waals surface area contributed by atoms with Crippen LogP contribution in [0.2, 0.25) is 0 Å². The van der Waals surface area contributed by atoms with Gasteiger partial charge in [0.1, 0.15) is 5.82 Å². The Morgan fingerprint density at radius 2 is 2.15 bits per heavy atom. The van der Waals surface area contributed by atoms with Crippen molar-refractivity contribution in [2.24, 2.45) is 0 Å². The molecule has 0 saturated carbocycles. The number of rotatable bonds is 5. The Hall–Kier alpha value is -1.46. The lowest BCUT2D eigenvalue weighted by Crippen LogP contribution is -2.48. The second kappa shape index (κ2) is 7.36. The summed E-state index contributed by atoms with van der Waals surface area (Å²) in [6.45, 7) is 0.845. The van der Waals surface area contributed by atoms with Gasteiger partial charge in [-0.2, -0.15) is 0 Å². The zero-order valence-corrected chi connectivity index (χ0v) is 11.3. The van der Waals surface area contributed by atoms with Crippen molar-refractivity contribution in [3.63, 3.8) is 0 Å². The van der Waals surface area contributed by atoms with Gasteiger partial charge in [-0.05, 0) is 37.0 Å². The van der Waals surface area contributed by atoms with Crippen LogP contribution < -0.4 is 5.32 Å². The largest absolute Gasteiger partial charge is 0.389 e. The number of hydrogen-bond acceptors (Lipinski definition) is 3. The second-order valence-electron chi connectivity index (χ2n) is 5.08.